The summed E-state index contributed by atoms with van der Waals surface area (Å²) in [7, 11) is -10.7. The number of aliphatic hydroxyl groups is 2. The first-order valence-electron chi connectivity index (χ1n) is 9.87. The van der Waals surface area contributed by atoms with Crippen molar-refractivity contribution < 1.29 is 56.5 Å². The van der Waals surface area contributed by atoms with Gasteiger partial charge in [-0.25, -0.2) is 18.3 Å². The predicted molar refractivity (Wildman–Crippen MR) is 113 cm³/mol. The third kappa shape index (κ3) is 5.55. The Morgan fingerprint density at radius 1 is 1.11 bits per heavy atom. The summed E-state index contributed by atoms with van der Waals surface area (Å²) in [5.41, 5.74) is -1.54. The lowest BCUT2D eigenvalue weighted by molar-refractivity contribution is -0.0547. The second-order valence-corrected chi connectivity index (χ2v) is 10.4. The van der Waals surface area contributed by atoms with Crippen molar-refractivity contribution in [1.29, 1.82) is 0 Å². The fourth-order valence-electron chi connectivity index (χ4n) is 3.52. The van der Waals surface area contributed by atoms with Crippen LogP contribution in [0.25, 0.3) is 11.0 Å². The maximum Gasteiger partial charge on any atom is 0.481 e. The maximum atomic E-state index is 13.6. The number of fused-ring (bicyclic) bond motifs is 1. The smallest absolute Gasteiger partial charge is 0.387 e. The minimum Gasteiger partial charge on any atom is -0.387 e. The summed E-state index contributed by atoms with van der Waals surface area (Å²) < 4.78 is 55.9. The van der Waals surface area contributed by atoms with Crippen LogP contribution >= 0.6 is 15.6 Å². The van der Waals surface area contributed by atoms with E-state index >= 15 is 0 Å². The Morgan fingerprint density at radius 2 is 1.83 bits per heavy atom. The number of rotatable bonds is 8. The number of halogens is 1. The summed E-state index contributed by atoms with van der Waals surface area (Å²) in [5.74, 6) is -0.604. The number of nitrogens with zero attached hydrogens (tertiary/aromatic N) is 3. The first-order valence-corrected chi connectivity index (χ1v) is 12.9. The molecule has 196 valence electrons. The van der Waals surface area contributed by atoms with Crippen molar-refractivity contribution in [2.75, 3.05) is 6.61 Å². The number of phosphoric ester groups is 1. The molecule has 4 rings (SSSR count). The highest BCUT2D eigenvalue weighted by atomic mass is 31.3. The highest BCUT2D eigenvalue weighted by molar-refractivity contribution is 7.60. The Morgan fingerprint density at radius 3 is 2.53 bits per heavy atom. The number of aromatic nitrogens is 3. The van der Waals surface area contributed by atoms with Crippen LogP contribution in [0.3, 0.4) is 0 Å². The fourth-order valence-corrected chi connectivity index (χ4v) is 5.12. The van der Waals surface area contributed by atoms with Crippen LogP contribution in [-0.2, 0) is 29.2 Å². The zero-order chi connectivity index (χ0) is 26.4. The second kappa shape index (κ2) is 9.72. The van der Waals surface area contributed by atoms with Crippen LogP contribution in [-0.4, -0.2) is 64.1 Å². The number of benzene rings is 1. The van der Waals surface area contributed by atoms with E-state index in [0.717, 1.165) is 29.0 Å². The largest absolute Gasteiger partial charge is 0.481 e. The number of hydrogen-bond acceptors (Lipinski definition) is 11. The monoisotopic (exact) mass is 553 g/mol. The Labute approximate surface area is 198 Å². The van der Waals surface area contributed by atoms with E-state index in [1.165, 1.54) is 6.07 Å². The van der Waals surface area contributed by atoms with E-state index < -0.39 is 70.4 Å². The summed E-state index contributed by atoms with van der Waals surface area (Å²) in [4.78, 5) is 52.0. The lowest BCUT2D eigenvalue weighted by Crippen LogP contribution is -2.43. The number of ether oxygens (including phenoxy) is 1. The van der Waals surface area contributed by atoms with Crippen LogP contribution < -0.4 is 11.2 Å². The molecule has 2 aromatic heterocycles. The fraction of sp³-hybridized carbons (Fsp3) is 0.353. The standard InChI is InChI=1S/C17H18FN3O13P2/c18-8-1-2-11-9(5-8)10(19-33-11)6-21-13(22)3-4-20(17(21)25)16-15(24)14(23)12(32-16)7-31-36(29,30)34-35(26,27)28/h1-5,12,14-16,23-24H,6-7H2,(H,29,30)(H2,26,27,28)/t12-,14?,15+,16-/m1/s1. The number of hydrogen-bond donors (Lipinski definition) is 5. The van der Waals surface area contributed by atoms with Crippen LogP contribution in [0.5, 0.6) is 0 Å². The average Bonchev–Trinajstić information content (AvgIpc) is 3.29. The molecular weight excluding hydrogens is 535 g/mol. The molecule has 1 saturated heterocycles. The van der Waals surface area contributed by atoms with Gasteiger partial charge in [0.05, 0.1) is 13.2 Å². The molecule has 1 fully saturated rings. The average molecular weight is 553 g/mol. The SMILES string of the molecule is O=c1ccn([C@@H]2O[C@H](COP(=O)(O)OP(=O)(O)O)C(O)[C@@H]2O)c(=O)n1Cc1noc2ccc(F)cc12. The Kier molecular flexibility index (Phi) is 7.15. The molecule has 2 unspecified atom stereocenters. The summed E-state index contributed by atoms with van der Waals surface area (Å²) in [6.45, 7) is -1.42. The molecule has 5 atom stereocenters. The van der Waals surface area contributed by atoms with Crippen molar-refractivity contribution in [2.24, 2.45) is 0 Å². The minimum absolute atomic E-state index is 0.0596. The molecule has 0 spiro atoms. The Hall–Kier alpha value is -2.56. The van der Waals surface area contributed by atoms with Crippen LogP contribution in [0.15, 0.2) is 44.6 Å². The normalized spacial score (nSPS) is 24.3. The van der Waals surface area contributed by atoms with Crippen LogP contribution in [0.1, 0.15) is 11.9 Å². The molecule has 1 aliphatic rings. The Bertz CT molecular complexity index is 1500. The van der Waals surface area contributed by atoms with Crippen molar-refractivity contribution in [3.8, 4) is 0 Å². The minimum atomic E-state index is -5.40. The lowest BCUT2D eigenvalue weighted by atomic mass is 10.1. The van der Waals surface area contributed by atoms with Gasteiger partial charge in [-0.15, -0.1) is 0 Å². The molecule has 0 aliphatic carbocycles. The van der Waals surface area contributed by atoms with Gasteiger partial charge < -0.3 is 34.2 Å². The van der Waals surface area contributed by atoms with Crippen molar-refractivity contribution in [1.82, 2.24) is 14.3 Å². The van der Waals surface area contributed by atoms with Gasteiger partial charge in [0.25, 0.3) is 5.56 Å². The molecule has 0 bridgehead atoms. The predicted octanol–water partition coefficient (Wildman–Crippen LogP) is -0.816. The van der Waals surface area contributed by atoms with E-state index in [0.29, 0.717) is 4.57 Å². The first kappa shape index (κ1) is 26.5. The summed E-state index contributed by atoms with van der Waals surface area (Å²) in [5, 5.41) is 24.6. The first-order chi connectivity index (χ1) is 16.8. The van der Waals surface area contributed by atoms with E-state index in [2.05, 4.69) is 14.0 Å². The third-order valence-corrected chi connectivity index (χ3v) is 7.28. The van der Waals surface area contributed by atoms with Gasteiger partial charge in [0.1, 0.15) is 29.8 Å². The quantitative estimate of drug-likeness (QED) is 0.215. The summed E-state index contributed by atoms with van der Waals surface area (Å²) >= 11 is 0. The second-order valence-electron chi connectivity index (χ2n) is 7.58. The van der Waals surface area contributed by atoms with E-state index in [-0.39, 0.29) is 16.7 Å². The molecule has 36 heavy (non-hydrogen) atoms. The van der Waals surface area contributed by atoms with Gasteiger partial charge >= 0.3 is 21.3 Å². The number of aliphatic hydroxyl groups excluding tert-OH is 2. The lowest BCUT2D eigenvalue weighted by Gasteiger charge is -2.19. The van der Waals surface area contributed by atoms with Gasteiger partial charge in [-0.2, -0.15) is 4.31 Å². The highest BCUT2D eigenvalue weighted by Gasteiger charge is 2.46. The topological polar surface area (TPSA) is 233 Å². The van der Waals surface area contributed by atoms with Gasteiger partial charge in [0, 0.05) is 17.6 Å². The van der Waals surface area contributed by atoms with E-state index in [1.807, 2.05) is 0 Å². The summed E-state index contributed by atoms with van der Waals surface area (Å²) in [6.07, 6.45) is -5.79. The van der Waals surface area contributed by atoms with Crippen LogP contribution in [0.4, 0.5) is 4.39 Å². The van der Waals surface area contributed by atoms with Crippen molar-refractivity contribution in [3.63, 3.8) is 0 Å². The molecule has 0 radical (unpaired) electrons. The molecule has 3 heterocycles. The van der Waals surface area contributed by atoms with E-state index in [9.17, 15) is 38.2 Å². The van der Waals surface area contributed by atoms with E-state index in [1.54, 1.807) is 0 Å². The zero-order valence-corrected chi connectivity index (χ0v) is 19.5. The molecule has 0 saturated carbocycles. The molecule has 16 nitrogen and oxygen atoms in total. The molecular formula is C17H18FN3O13P2. The molecule has 5 N–H and O–H groups in total. The number of phosphoric acid groups is 2. The van der Waals surface area contributed by atoms with Gasteiger partial charge in [-0.1, -0.05) is 5.16 Å². The zero-order valence-electron chi connectivity index (χ0n) is 17.7. The van der Waals surface area contributed by atoms with E-state index in [4.69, 9.17) is 19.0 Å². The van der Waals surface area contributed by atoms with Gasteiger partial charge in [0.2, 0.25) is 0 Å². The molecule has 0 amide bonds. The van der Waals surface area contributed by atoms with Gasteiger partial charge in [-0.3, -0.25) is 18.5 Å². The molecule has 3 aromatic rings. The molecule has 19 heteroatoms. The van der Waals surface area contributed by atoms with Gasteiger partial charge in [-0.05, 0) is 18.2 Å². The van der Waals surface area contributed by atoms with Crippen molar-refractivity contribution >= 4 is 26.6 Å². The molecule has 1 aromatic carbocycles. The van der Waals surface area contributed by atoms with Crippen molar-refractivity contribution in [2.45, 2.75) is 31.1 Å². The van der Waals surface area contributed by atoms with Crippen LogP contribution in [0, 0.1) is 5.82 Å². The summed E-state index contributed by atoms with van der Waals surface area (Å²) in [6, 6.07) is 4.51. The Balaban J connectivity index is 1.57. The van der Waals surface area contributed by atoms with Gasteiger partial charge in [0.15, 0.2) is 11.8 Å². The van der Waals surface area contributed by atoms with Crippen LogP contribution in [0.2, 0.25) is 0 Å². The third-order valence-electron chi connectivity index (χ3n) is 5.13. The van der Waals surface area contributed by atoms with Crippen molar-refractivity contribution in [3.05, 3.63) is 62.8 Å². The molecule has 1 aliphatic heterocycles. The maximum absolute atomic E-state index is 13.6. The highest BCUT2D eigenvalue weighted by Crippen LogP contribution is 2.57.